The minimum atomic E-state index is -3.42. The van der Waals surface area contributed by atoms with Crippen molar-refractivity contribution in [1.29, 1.82) is 0 Å². The van der Waals surface area contributed by atoms with Crippen LogP contribution >= 0.6 is 11.3 Å². The molecule has 2 heterocycles. The fourth-order valence-corrected chi connectivity index (χ4v) is 5.12. The zero-order valence-corrected chi connectivity index (χ0v) is 15.4. The monoisotopic (exact) mass is 368 g/mol. The van der Waals surface area contributed by atoms with E-state index in [0.717, 1.165) is 17.0 Å². The van der Waals surface area contributed by atoms with Gasteiger partial charge in [0, 0.05) is 17.5 Å². The largest absolute Gasteiger partial charge is 0.493 e. The molecule has 130 valence electrons. The first-order valence-electron chi connectivity index (χ1n) is 7.48. The SMILES string of the molecule is COc1ccc(N2CCC(c3cccs3)N2S(C)(=O)=O)cc1OC. The van der Waals surface area contributed by atoms with E-state index in [1.165, 1.54) is 10.7 Å². The van der Waals surface area contributed by atoms with E-state index in [-0.39, 0.29) is 6.04 Å². The van der Waals surface area contributed by atoms with Crippen molar-refractivity contribution in [3.05, 3.63) is 40.6 Å². The van der Waals surface area contributed by atoms with Crippen LogP contribution in [-0.4, -0.2) is 39.9 Å². The summed E-state index contributed by atoms with van der Waals surface area (Å²) in [5, 5.41) is 3.76. The van der Waals surface area contributed by atoms with E-state index in [1.54, 1.807) is 42.7 Å². The molecule has 1 aromatic carbocycles. The van der Waals surface area contributed by atoms with Gasteiger partial charge in [0.2, 0.25) is 10.0 Å². The molecular formula is C16H20N2O4S2. The van der Waals surface area contributed by atoms with Gasteiger partial charge in [-0.15, -0.1) is 15.8 Å². The van der Waals surface area contributed by atoms with Crippen LogP contribution in [0, 0.1) is 0 Å². The molecule has 1 atom stereocenters. The van der Waals surface area contributed by atoms with E-state index in [0.29, 0.717) is 18.0 Å². The van der Waals surface area contributed by atoms with Crippen molar-refractivity contribution in [3.63, 3.8) is 0 Å². The summed E-state index contributed by atoms with van der Waals surface area (Å²) < 4.78 is 36.9. The molecule has 0 radical (unpaired) electrons. The number of benzene rings is 1. The van der Waals surface area contributed by atoms with Crippen LogP contribution < -0.4 is 14.5 Å². The molecule has 1 unspecified atom stereocenters. The molecule has 1 saturated heterocycles. The normalized spacial score (nSPS) is 18.8. The van der Waals surface area contributed by atoms with Crippen molar-refractivity contribution in [2.24, 2.45) is 0 Å². The smallest absolute Gasteiger partial charge is 0.228 e. The lowest BCUT2D eigenvalue weighted by atomic mass is 10.2. The van der Waals surface area contributed by atoms with E-state index in [2.05, 4.69) is 0 Å². The van der Waals surface area contributed by atoms with Crippen LogP contribution in [0.5, 0.6) is 11.5 Å². The molecule has 1 fully saturated rings. The lowest BCUT2D eigenvalue weighted by Gasteiger charge is -2.31. The second-order valence-electron chi connectivity index (χ2n) is 5.52. The number of anilines is 1. The summed E-state index contributed by atoms with van der Waals surface area (Å²) in [7, 11) is -0.280. The standard InChI is InChI=1S/C16H20N2O4S2/c1-21-14-7-6-12(11-15(14)22-2)17-9-8-13(16-5-4-10-23-16)18(17)24(3,19)20/h4-7,10-11,13H,8-9H2,1-3H3. The maximum Gasteiger partial charge on any atom is 0.228 e. The molecule has 0 saturated carbocycles. The number of hydrogen-bond acceptors (Lipinski definition) is 6. The van der Waals surface area contributed by atoms with Gasteiger partial charge in [0.05, 0.1) is 32.2 Å². The summed E-state index contributed by atoms with van der Waals surface area (Å²) in [5.74, 6) is 1.18. The molecule has 1 aromatic heterocycles. The molecule has 3 rings (SSSR count). The quantitative estimate of drug-likeness (QED) is 0.812. The first-order valence-corrected chi connectivity index (χ1v) is 10.2. The second kappa shape index (κ2) is 6.62. The Labute approximate surface area is 146 Å². The van der Waals surface area contributed by atoms with Gasteiger partial charge in [0.15, 0.2) is 11.5 Å². The van der Waals surface area contributed by atoms with E-state index in [9.17, 15) is 8.42 Å². The topological polar surface area (TPSA) is 59.1 Å². The van der Waals surface area contributed by atoms with Crippen LogP contribution in [0.1, 0.15) is 17.3 Å². The third-order valence-electron chi connectivity index (χ3n) is 4.00. The molecule has 0 bridgehead atoms. The third kappa shape index (κ3) is 3.09. The predicted molar refractivity (Wildman–Crippen MR) is 95.3 cm³/mol. The number of hydrogen-bond donors (Lipinski definition) is 0. The second-order valence-corrected chi connectivity index (χ2v) is 8.34. The molecule has 1 aliphatic heterocycles. The molecule has 0 amide bonds. The summed E-state index contributed by atoms with van der Waals surface area (Å²) in [5.41, 5.74) is 0.761. The van der Waals surface area contributed by atoms with Crippen molar-refractivity contribution in [2.45, 2.75) is 12.5 Å². The summed E-state index contributed by atoms with van der Waals surface area (Å²) in [4.78, 5) is 1.04. The van der Waals surface area contributed by atoms with Gasteiger partial charge < -0.3 is 9.47 Å². The first kappa shape index (κ1) is 17.1. The highest BCUT2D eigenvalue weighted by atomic mass is 32.2. The van der Waals surface area contributed by atoms with Gasteiger partial charge in [0.25, 0.3) is 0 Å². The van der Waals surface area contributed by atoms with Crippen LogP contribution in [-0.2, 0) is 10.0 Å². The molecule has 1 aliphatic rings. The highest BCUT2D eigenvalue weighted by Gasteiger charge is 2.40. The summed E-state index contributed by atoms with van der Waals surface area (Å²) in [6.07, 6.45) is 1.98. The zero-order valence-electron chi connectivity index (χ0n) is 13.8. The van der Waals surface area contributed by atoms with Crippen molar-refractivity contribution in [1.82, 2.24) is 4.41 Å². The fourth-order valence-electron chi connectivity index (χ4n) is 2.99. The molecular weight excluding hydrogens is 348 g/mol. The van der Waals surface area contributed by atoms with Crippen molar-refractivity contribution in [2.75, 3.05) is 32.0 Å². The van der Waals surface area contributed by atoms with Gasteiger partial charge in [-0.2, -0.15) is 0 Å². The number of ether oxygens (including phenoxy) is 2. The van der Waals surface area contributed by atoms with Crippen LogP contribution in [0.4, 0.5) is 5.69 Å². The van der Waals surface area contributed by atoms with E-state index in [1.807, 2.05) is 23.6 Å². The van der Waals surface area contributed by atoms with Gasteiger partial charge in [-0.25, -0.2) is 8.42 Å². The summed E-state index contributed by atoms with van der Waals surface area (Å²) >= 11 is 1.57. The molecule has 0 aliphatic carbocycles. The summed E-state index contributed by atoms with van der Waals surface area (Å²) in [6, 6.07) is 9.18. The van der Waals surface area contributed by atoms with Crippen LogP contribution in [0.2, 0.25) is 0 Å². The Balaban J connectivity index is 2.01. The zero-order chi connectivity index (χ0) is 17.3. The Morgan fingerprint density at radius 1 is 1.17 bits per heavy atom. The highest BCUT2D eigenvalue weighted by Crippen LogP contribution is 2.41. The Morgan fingerprint density at radius 2 is 1.92 bits per heavy atom. The van der Waals surface area contributed by atoms with Gasteiger partial charge in [-0.3, -0.25) is 5.01 Å². The maximum absolute atomic E-state index is 12.4. The maximum atomic E-state index is 12.4. The fraction of sp³-hybridized carbons (Fsp3) is 0.375. The highest BCUT2D eigenvalue weighted by molar-refractivity contribution is 7.88. The average Bonchev–Trinajstić information content (AvgIpc) is 3.22. The average molecular weight is 368 g/mol. The van der Waals surface area contributed by atoms with Crippen molar-refractivity contribution in [3.8, 4) is 11.5 Å². The lowest BCUT2D eigenvalue weighted by molar-refractivity contribution is 0.353. The van der Waals surface area contributed by atoms with Gasteiger partial charge in [-0.1, -0.05) is 6.07 Å². The Hall–Kier alpha value is -1.77. The van der Waals surface area contributed by atoms with Crippen molar-refractivity contribution < 1.29 is 17.9 Å². The Bertz CT molecular complexity index is 805. The van der Waals surface area contributed by atoms with Gasteiger partial charge in [0.1, 0.15) is 0 Å². The third-order valence-corrected chi connectivity index (χ3v) is 6.10. The van der Waals surface area contributed by atoms with Gasteiger partial charge >= 0.3 is 0 Å². The predicted octanol–water partition coefficient (Wildman–Crippen LogP) is 2.89. The number of hydrazine groups is 1. The minimum Gasteiger partial charge on any atom is -0.493 e. The Morgan fingerprint density at radius 3 is 2.50 bits per heavy atom. The van der Waals surface area contributed by atoms with E-state index in [4.69, 9.17) is 9.47 Å². The van der Waals surface area contributed by atoms with Crippen LogP contribution in [0.3, 0.4) is 0 Å². The summed E-state index contributed by atoms with van der Waals surface area (Å²) in [6.45, 7) is 0.616. The molecule has 24 heavy (non-hydrogen) atoms. The van der Waals surface area contributed by atoms with E-state index >= 15 is 0 Å². The lowest BCUT2D eigenvalue weighted by Crippen LogP contribution is -2.41. The number of thiophene rings is 1. The van der Waals surface area contributed by atoms with Crippen LogP contribution in [0.15, 0.2) is 35.7 Å². The number of methoxy groups -OCH3 is 2. The first-order chi connectivity index (χ1) is 11.5. The van der Waals surface area contributed by atoms with Crippen LogP contribution in [0.25, 0.3) is 0 Å². The Kier molecular flexibility index (Phi) is 4.71. The molecule has 2 aromatic rings. The van der Waals surface area contributed by atoms with E-state index < -0.39 is 10.0 Å². The minimum absolute atomic E-state index is 0.173. The van der Waals surface area contributed by atoms with Gasteiger partial charge in [-0.05, 0) is 30.0 Å². The number of rotatable bonds is 5. The van der Waals surface area contributed by atoms with Crippen molar-refractivity contribution >= 4 is 27.0 Å². The molecule has 8 heteroatoms. The molecule has 0 N–H and O–H groups in total. The molecule has 6 nitrogen and oxygen atoms in total. The molecule has 0 spiro atoms. The number of nitrogens with zero attached hydrogens (tertiary/aromatic N) is 2. The number of sulfonamides is 1.